The highest BCUT2D eigenvalue weighted by Gasteiger charge is 2.76. The number of fused-ring (bicyclic) bond motifs is 2. The van der Waals surface area contributed by atoms with Gasteiger partial charge in [0, 0.05) is 11.8 Å². The molecule has 3 fully saturated rings. The van der Waals surface area contributed by atoms with Crippen LogP contribution in [-0.2, 0) is 4.74 Å². The van der Waals surface area contributed by atoms with Crippen LogP contribution in [-0.4, -0.2) is 18.3 Å². The summed E-state index contributed by atoms with van der Waals surface area (Å²) in [5.74, 6) is 3.51. The van der Waals surface area contributed by atoms with E-state index in [0.717, 1.165) is 24.7 Å². The number of rotatable bonds is 2. The van der Waals surface area contributed by atoms with Gasteiger partial charge in [0.05, 0.1) is 19.0 Å². The minimum absolute atomic E-state index is 0.163. The number of aliphatic hydroxyl groups is 1. The van der Waals surface area contributed by atoms with Gasteiger partial charge in [0.25, 0.3) is 0 Å². The van der Waals surface area contributed by atoms with Crippen LogP contribution in [0.15, 0.2) is 23.0 Å². The third-order valence-electron chi connectivity index (χ3n) is 10.4. The molecule has 7 atom stereocenters. The molecular weight excluding hydrogens is 320 g/mol. The Morgan fingerprint density at radius 1 is 1.23 bits per heavy atom. The van der Waals surface area contributed by atoms with Gasteiger partial charge in [0.2, 0.25) is 0 Å². The van der Waals surface area contributed by atoms with E-state index in [-0.39, 0.29) is 11.5 Å². The molecule has 0 aromatic heterocycles. The van der Waals surface area contributed by atoms with Gasteiger partial charge in [-0.25, -0.2) is 0 Å². The van der Waals surface area contributed by atoms with E-state index in [1.807, 2.05) is 7.11 Å². The largest absolute Gasteiger partial charge is 0.501 e. The molecule has 26 heavy (non-hydrogen) atoms. The van der Waals surface area contributed by atoms with E-state index >= 15 is 0 Å². The molecule has 2 nitrogen and oxygen atoms in total. The summed E-state index contributed by atoms with van der Waals surface area (Å²) in [5.41, 5.74) is 4.48. The van der Waals surface area contributed by atoms with Crippen molar-refractivity contribution in [2.75, 3.05) is 7.11 Å². The summed E-state index contributed by atoms with van der Waals surface area (Å²) in [6.07, 6.45) is 13.7. The second-order valence-electron chi connectivity index (χ2n) is 10.5. The molecule has 1 N–H and O–H groups in total. The van der Waals surface area contributed by atoms with Gasteiger partial charge in [-0.05, 0) is 93.0 Å². The standard InChI is InChI=1S/C24H36O2/c1-15-14-23-11-12-24(15,16(2)25)22(23,3)10-9-20-19-7-6-18(26-4)13-17(19)5-8-21(20)23/h6,15-16,20-21,25H,5,7-14H2,1-4H3/t15-,16?,20-,21-,22+,23?,24-/m1/s1. The average molecular weight is 357 g/mol. The average Bonchev–Trinajstić information content (AvgIpc) is 3.02. The molecule has 3 saturated carbocycles. The summed E-state index contributed by atoms with van der Waals surface area (Å²) in [5, 5.41) is 10.9. The molecule has 2 unspecified atom stereocenters. The molecule has 0 aromatic rings. The number of allylic oxidation sites excluding steroid dienone is 3. The Hall–Kier alpha value is -0.760. The first-order chi connectivity index (χ1) is 12.4. The number of methoxy groups -OCH3 is 1. The lowest BCUT2D eigenvalue weighted by Crippen LogP contribution is -2.53. The van der Waals surface area contributed by atoms with Gasteiger partial charge < -0.3 is 9.84 Å². The van der Waals surface area contributed by atoms with E-state index in [9.17, 15) is 5.11 Å². The second-order valence-corrected chi connectivity index (χ2v) is 10.5. The highest BCUT2D eigenvalue weighted by Crippen LogP contribution is 2.82. The minimum Gasteiger partial charge on any atom is -0.501 e. The first kappa shape index (κ1) is 17.3. The predicted molar refractivity (Wildman–Crippen MR) is 104 cm³/mol. The highest BCUT2D eigenvalue weighted by atomic mass is 16.5. The van der Waals surface area contributed by atoms with Crippen LogP contribution in [0.25, 0.3) is 0 Å². The van der Waals surface area contributed by atoms with Crippen LogP contribution in [0.3, 0.4) is 0 Å². The molecule has 0 saturated heterocycles. The number of hydrogen-bond donors (Lipinski definition) is 1. The molecule has 0 spiro atoms. The predicted octanol–water partition coefficient (Wildman–Crippen LogP) is 5.62. The molecule has 0 heterocycles. The normalized spacial score (nSPS) is 50.7. The summed E-state index contributed by atoms with van der Waals surface area (Å²) in [4.78, 5) is 0. The maximum atomic E-state index is 10.9. The Morgan fingerprint density at radius 3 is 2.73 bits per heavy atom. The molecule has 144 valence electrons. The van der Waals surface area contributed by atoms with Gasteiger partial charge in [0.15, 0.2) is 0 Å². The van der Waals surface area contributed by atoms with Crippen molar-refractivity contribution in [3.63, 3.8) is 0 Å². The molecule has 5 rings (SSSR count). The van der Waals surface area contributed by atoms with Crippen molar-refractivity contribution in [2.45, 2.75) is 84.7 Å². The van der Waals surface area contributed by atoms with Crippen LogP contribution < -0.4 is 0 Å². The zero-order valence-electron chi connectivity index (χ0n) is 17.1. The second kappa shape index (κ2) is 5.40. The lowest BCUT2D eigenvalue weighted by atomic mass is 9.46. The Morgan fingerprint density at radius 2 is 2.04 bits per heavy atom. The molecule has 2 bridgehead atoms. The third kappa shape index (κ3) is 1.74. The maximum absolute atomic E-state index is 10.9. The lowest BCUT2D eigenvalue weighted by Gasteiger charge is -2.58. The van der Waals surface area contributed by atoms with E-state index in [0.29, 0.717) is 16.7 Å². The summed E-state index contributed by atoms with van der Waals surface area (Å²) >= 11 is 0. The Bertz CT molecular complexity index is 688. The van der Waals surface area contributed by atoms with Gasteiger partial charge >= 0.3 is 0 Å². The van der Waals surface area contributed by atoms with Gasteiger partial charge in [0.1, 0.15) is 0 Å². The fourth-order valence-corrected chi connectivity index (χ4v) is 9.44. The minimum atomic E-state index is -0.163. The van der Waals surface area contributed by atoms with Crippen molar-refractivity contribution >= 4 is 0 Å². The Balaban J connectivity index is 1.54. The van der Waals surface area contributed by atoms with E-state index in [4.69, 9.17) is 4.74 Å². The summed E-state index contributed by atoms with van der Waals surface area (Å²) in [6.45, 7) is 7.13. The fraction of sp³-hybridized carbons (Fsp3) is 0.833. The van der Waals surface area contributed by atoms with Crippen molar-refractivity contribution < 1.29 is 9.84 Å². The van der Waals surface area contributed by atoms with E-state index < -0.39 is 0 Å². The Labute approximate surface area is 159 Å². The van der Waals surface area contributed by atoms with Crippen molar-refractivity contribution in [2.24, 2.45) is 34.0 Å². The molecule has 0 aromatic carbocycles. The van der Waals surface area contributed by atoms with Crippen LogP contribution in [0.5, 0.6) is 0 Å². The van der Waals surface area contributed by atoms with Gasteiger partial charge in [-0.2, -0.15) is 0 Å². The molecule has 2 heteroatoms. The number of ether oxygens (including phenoxy) is 1. The number of hydrogen-bond acceptors (Lipinski definition) is 2. The van der Waals surface area contributed by atoms with Crippen molar-refractivity contribution in [3.05, 3.63) is 23.0 Å². The molecule has 0 amide bonds. The van der Waals surface area contributed by atoms with Gasteiger partial charge in [-0.1, -0.05) is 25.0 Å². The lowest BCUT2D eigenvalue weighted by molar-refractivity contribution is -0.106. The van der Waals surface area contributed by atoms with Crippen LogP contribution >= 0.6 is 0 Å². The summed E-state index contributed by atoms with van der Waals surface area (Å²) in [6, 6.07) is 0. The number of aliphatic hydroxyl groups excluding tert-OH is 1. The van der Waals surface area contributed by atoms with Crippen LogP contribution in [0, 0.1) is 34.0 Å². The zero-order valence-corrected chi connectivity index (χ0v) is 17.1. The third-order valence-corrected chi connectivity index (χ3v) is 10.4. The van der Waals surface area contributed by atoms with Crippen molar-refractivity contribution in [1.82, 2.24) is 0 Å². The van der Waals surface area contributed by atoms with Crippen molar-refractivity contribution in [1.29, 1.82) is 0 Å². The van der Waals surface area contributed by atoms with E-state index in [1.54, 1.807) is 11.1 Å². The van der Waals surface area contributed by atoms with Crippen LogP contribution in [0.2, 0.25) is 0 Å². The van der Waals surface area contributed by atoms with Crippen LogP contribution in [0.1, 0.15) is 78.6 Å². The van der Waals surface area contributed by atoms with Crippen molar-refractivity contribution in [3.8, 4) is 0 Å². The zero-order chi connectivity index (χ0) is 18.3. The van der Waals surface area contributed by atoms with Gasteiger partial charge in [-0.3, -0.25) is 0 Å². The van der Waals surface area contributed by atoms with Crippen LogP contribution in [0.4, 0.5) is 0 Å². The first-order valence-corrected chi connectivity index (χ1v) is 11.0. The fourth-order valence-electron chi connectivity index (χ4n) is 9.44. The molecule has 0 aliphatic heterocycles. The summed E-state index contributed by atoms with van der Waals surface area (Å²) < 4.78 is 5.56. The van der Waals surface area contributed by atoms with E-state index in [1.165, 1.54) is 50.7 Å². The quantitative estimate of drug-likeness (QED) is 0.651. The van der Waals surface area contributed by atoms with Gasteiger partial charge in [-0.15, -0.1) is 0 Å². The summed E-state index contributed by atoms with van der Waals surface area (Å²) in [7, 11) is 1.82. The molecular formula is C24H36O2. The van der Waals surface area contributed by atoms with E-state index in [2.05, 4.69) is 26.8 Å². The monoisotopic (exact) mass is 356 g/mol. The maximum Gasteiger partial charge on any atom is 0.0959 e. The Kier molecular flexibility index (Phi) is 3.60. The highest BCUT2D eigenvalue weighted by molar-refractivity contribution is 5.35. The molecule has 0 radical (unpaired) electrons. The smallest absolute Gasteiger partial charge is 0.0959 e. The topological polar surface area (TPSA) is 29.5 Å². The SMILES string of the molecule is COC1=CCC2=C(CC[C@@H]3[C@@H]2CC[C@@]2(C)C34CC[C@]2(C(C)O)[C@H](C)C4)C1. The first-order valence-electron chi connectivity index (χ1n) is 11.0. The molecule has 5 aliphatic rings. The molecule has 5 aliphatic carbocycles.